The number of benzene rings is 1. The highest BCUT2D eigenvalue weighted by Gasteiger charge is 2.11. The van der Waals surface area contributed by atoms with Crippen molar-refractivity contribution in [1.82, 2.24) is 15.6 Å². The van der Waals surface area contributed by atoms with Gasteiger partial charge in [0.05, 0.1) is 28.7 Å². The number of rotatable bonds is 9. The predicted molar refractivity (Wildman–Crippen MR) is 113 cm³/mol. The maximum absolute atomic E-state index is 13.6. The van der Waals surface area contributed by atoms with E-state index in [1.807, 2.05) is 19.2 Å². The van der Waals surface area contributed by atoms with Gasteiger partial charge in [-0.25, -0.2) is 17.8 Å². The first kappa shape index (κ1) is 22.1. The lowest BCUT2D eigenvalue weighted by atomic mass is 10.2. The van der Waals surface area contributed by atoms with Crippen LogP contribution in [0.5, 0.6) is 0 Å². The number of aliphatic imine (C=N–C) groups is 1. The van der Waals surface area contributed by atoms with E-state index >= 15 is 0 Å². The molecule has 0 aliphatic rings. The van der Waals surface area contributed by atoms with Crippen LogP contribution < -0.4 is 15.4 Å². The van der Waals surface area contributed by atoms with Gasteiger partial charge < -0.3 is 10.6 Å². The summed E-state index contributed by atoms with van der Waals surface area (Å²) in [4.78, 5) is 8.70. The molecule has 0 amide bonds. The molecule has 0 radical (unpaired) electrons. The van der Waals surface area contributed by atoms with Crippen LogP contribution in [0.15, 0.2) is 28.6 Å². The molecule has 1 aromatic carbocycles. The molecule has 3 N–H and O–H groups in total. The molecule has 7 nitrogen and oxygen atoms in total. The number of aromatic nitrogens is 1. The van der Waals surface area contributed by atoms with Crippen molar-refractivity contribution >= 4 is 33.0 Å². The van der Waals surface area contributed by atoms with E-state index in [-0.39, 0.29) is 18.0 Å². The Balaban J connectivity index is 1.85. The molecular formula is C18H26FN5O2S2. The number of aryl methyl sites for hydroxylation is 2. The minimum Gasteiger partial charge on any atom is -0.357 e. The zero-order chi connectivity index (χ0) is 20.6. The van der Waals surface area contributed by atoms with Gasteiger partial charge >= 0.3 is 0 Å². The van der Waals surface area contributed by atoms with Crippen LogP contribution in [0.2, 0.25) is 0 Å². The van der Waals surface area contributed by atoms with Crippen LogP contribution in [0.3, 0.4) is 0 Å². The van der Waals surface area contributed by atoms with Gasteiger partial charge in [0.2, 0.25) is 10.0 Å². The number of hydrogen-bond donors (Lipinski definition) is 3. The second-order valence-corrected chi connectivity index (χ2v) is 9.08. The molecule has 28 heavy (non-hydrogen) atoms. The summed E-state index contributed by atoms with van der Waals surface area (Å²) in [6, 6.07) is 4.23. The Labute approximate surface area is 169 Å². The highest BCUT2D eigenvalue weighted by atomic mass is 32.2. The Morgan fingerprint density at radius 1 is 1.29 bits per heavy atom. The second-order valence-electron chi connectivity index (χ2n) is 6.18. The van der Waals surface area contributed by atoms with Gasteiger partial charge in [0.25, 0.3) is 0 Å². The summed E-state index contributed by atoms with van der Waals surface area (Å²) in [6.45, 7) is 6.90. The van der Waals surface area contributed by atoms with Crippen molar-refractivity contribution in [2.75, 3.05) is 30.1 Å². The Morgan fingerprint density at radius 2 is 2.07 bits per heavy atom. The van der Waals surface area contributed by atoms with E-state index in [4.69, 9.17) is 0 Å². The van der Waals surface area contributed by atoms with Crippen LogP contribution in [0.1, 0.15) is 23.2 Å². The van der Waals surface area contributed by atoms with E-state index in [2.05, 4.69) is 25.3 Å². The number of hydrogen-bond acceptors (Lipinski definition) is 5. The summed E-state index contributed by atoms with van der Waals surface area (Å²) in [5.74, 6) is -0.108. The van der Waals surface area contributed by atoms with E-state index < -0.39 is 15.8 Å². The summed E-state index contributed by atoms with van der Waals surface area (Å²) in [7, 11) is -3.62. The van der Waals surface area contributed by atoms with Crippen molar-refractivity contribution < 1.29 is 12.8 Å². The Bertz CT molecular complexity index is 912. The summed E-state index contributed by atoms with van der Waals surface area (Å²) >= 11 is 1.61. The number of nitrogens with one attached hydrogen (secondary N) is 3. The fraction of sp³-hybridized carbons (Fsp3) is 0.444. The standard InChI is InChI=1S/C18H26FN5O2S2/c1-4-20-18(21-8-7-16-12-27-14(3)23-16)22-9-10-28(25,26)24-15-6-5-13(2)17(19)11-15/h5-6,11-12,24H,4,7-10H2,1-3H3,(H2,20,21,22). The molecule has 0 saturated heterocycles. The molecule has 0 aliphatic carbocycles. The normalized spacial score (nSPS) is 12.1. The smallest absolute Gasteiger partial charge is 0.234 e. The third-order valence-corrected chi connectivity index (χ3v) is 5.85. The fourth-order valence-electron chi connectivity index (χ4n) is 2.34. The lowest BCUT2D eigenvalue weighted by molar-refractivity contribution is 0.600. The Morgan fingerprint density at radius 3 is 2.71 bits per heavy atom. The zero-order valence-corrected chi connectivity index (χ0v) is 17.9. The van der Waals surface area contributed by atoms with Crippen molar-refractivity contribution in [1.29, 1.82) is 0 Å². The molecule has 2 rings (SSSR count). The number of sulfonamides is 1. The second kappa shape index (κ2) is 10.4. The van der Waals surface area contributed by atoms with Crippen LogP contribution in [0, 0.1) is 19.7 Å². The van der Waals surface area contributed by atoms with E-state index in [0.29, 0.717) is 24.6 Å². The number of nitrogens with zero attached hydrogens (tertiary/aromatic N) is 2. The number of thiazole rings is 1. The largest absolute Gasteiger partial charge is 0.357 e. The minimum absolute atomic E-state index is 0.0782. The summed E-state index contributed by atoms with van der Waals surface area (Å²) in [5, 5.41) is 9.30. The third kappa shape index (κ3) is 7.43. The molecule has 0 spiro atoms. The maximum Gasteiger partial charge on any atom is 0.234 e. The average molecular weight is 428 g/mol. The molecule has 0 fully saturated rings. The van der Waals surface area contributed by atoms with Gasteiger partial charge in [0.1, 0.15) is 5.82 Å². The van der Waals surface area contributed by atoms with Crippen LogP contribution in [-0.2, 0) is 16.4 Å². The van der Waals surface area contributed by atoms with E-state index in [0.717, 1.165) is 17.1 Å². The molecule has 0 saturated carbocycles. The molecule has 0 atom stereocenters. The van der Waals surface area contributed by atoms with Gasteiger partial charge in [-0.15, -0.1) is 11.3 Å². The molecule has 2 aromatic rings. The third-order valence-electron chi connectivity index (χ3n) is 3.76. The lowest BCUT2D eigenvalue weighted by Crippen LogP contribution is -2.38. The van der Waals surface area contributed by atoms with Crippen LogP contribution in [0.25, 0.3) is 0 Å². The summed E-state index contributed by atoms with van der Waals surface area (Å²) in [6.07, 6.45) is 0.758. The highest BCUT2D eigenvalue weighted by molar-refractivity contribution is 7.92. The molecular weight excluding hydrogens is 401 g/mol. The zero-order valence-electron chi connectivity index (χ0n) is 16.3. The van der Waals surface area contributed by atoms with E-state index in [1.165, 1.54) is 18.2 Å². The molecule has 10 heteroatoms. The Kier molecular flexibility index (Phi) is 8.18. The van der Waals surface area contributed by atoms with Gasteiger partial charge in [-0.3, -0.25) is 9.71 Å². The molecule has 1 heterocycles. The predicted octanol–water partition coefficient (Wildman–Crippen LogP) is 2.44. The van der Waals surface area contributed by atoms with Crippen LogP contribution in [0.4, 0.5) is 10.1 Å². The van der Waals surface area contributed by atoms with Gasteiger partial charge in [0.15, 0.2) is 5.96 Å². The van der Waals surface area contributed by atoms with E-state index in [1.54, 1.807) is 18.3 Å². The molecule has 154 valence electrons. The average Bonchev–Trinajstić information content (AvgIpc) is 3.03. The summed E-state index contributed by atoms with van der Waals surface area (Å²) in [5.41, 5.74) is 1.68. The van der Waals surface area contributed by atoms with Crippen molar-refractivity contribution in [2.45, 2.75) is 27.2 Å². The number of anilines is 1. The SMILES string of the molecule is CCNC(=NCCS(=O)(=O)Nc1ccc(C)c(F)c1)NCCc1csc(C)n1. The first-order valence-corrected chi connectivity index (χ1v) is 11.5. The number of guanidine groups is 1. The molecule has 0 bridgehead atoms. The lowest BCUT2D eigenvalue weighted by Gasteiger charge is -2.11. The monoisotopic (exact) mass is 427 g/mol. The molecule has 1 aromatic heterocycles. The van der Waals surface area contributed by atoms with E-state index in [9.17, 15) is 12.8 Å². The summed E-state index contributed by atoms with van der Waals surface area (Å²) < 4.78 is 40.3. The van der Waals surface area contributed by atoms with Crippen molar-refractivity contribution in [2.24, 2.45) is 4.99 Å². The van der Waals surface area contributed by atoms with Gasteiger partial charge in [-0.05, 0) is 38.5 Å². The van der Waals surface area contributed by atoms with Gasteiger partial charge in [-0.1, -0.05) is 6.07 Å². The van der Waals surface area contributed by atoms with Gasteiger partial charge in [-0.2, -0.15) is 0 Å². The first-order valence-electron chi connectivity index (χ1n) is 8.99. The van der Waals surface area contributed by atoms with Crippen molar-refractivity contribution in [3.8, 4) is 0 Å². The maximum atomic E-state index is 13.6. The first-order chi connectivity index (χ1) is 13.3. The molecule has 0 unspecified atom stereocenters. The van der Waals surface area contributed by atoms with Crippen molar-refractivity contribution in [3.05, 3.63) is 45.7 Å². The van der Waals surface area contributed by atoms with Crippen molar-refractivity contribution in [3.63, 3.8) is 0 Å². The number of halogens is 1. The minimum atomic E-state index is -3.62. The highest BCUT2D eigenvalue weighted by Crippen LogP contribution is 2.15. The quantitative estimate of drug-likeness (QED) is 0.422. The van der Waals surface area contributed by atoms with Crippen LogP contribution >= 0.6 is 11.3 Å². The van der Waals surface area contributed by atoms with Crippen LogP contribution in [-0.4, -0.2) is 44.7 Å². The van der Waals surface area contributed by atoms with Gasteiger partial charge in [0, 0.05) is 24.9 Å². The molecule has 0 aliphatic heterocycles. The fourth-order valence-corrected chi connectivity index (χ4v) is 3.91. The topological polar surface area (TPSA) is 95.5 Å². The Hall–Kier alpha value is -2.20.